The van der Waals surface area contributed by atoms with Gasteiger partial charge in [0.1, 0.15) is 0 Å². The normalized spacial score (nSPS) is 22.6. The van der Waals surface area contributed by atoms with Gasteiger partial charge in [0.15, 0.2) is 23.3 Å². The molecular weight excluding hydrogens is 264 g/mol. The lowest BCUT2D eigenvalue weighted by Gasteiger charge is -2.31. The fourth-order valence-corrected chi connectivity index (χ4v) is 2.65. The van der Waals surface area contributed by atoms with Crippen molar-refractivity contribution < 1.29 is 13.9 Å². The summed E-state index contributed by atoms with van der Waals surface area (Å²) < 4.78 is 27.3. The number of aliphatic hydroxyl groups is 1. The Balaban J connectivity index is 2.17. The average molecular weight is 285 g/mol. The molecule has 1 aromatic heterocycles. The maximum absolute atomic E-state index is 13.8. The van der Waals surface area contributed by atoms with Crippen LogP contribution in [-0.4, -0.2) is 29.3 Å². The van der Waals surface area contributed by atoms with E-state index in [0.717, 1.165) is 31.7 Å². The van der Waals surface area contributed by atoms with Crippen LogP contribution in [0.4, 0.5) is 20.4 Å². The van der Waals surface area contributed by atoms with Gasteiger partial charge in [-0.25, -0.2) is 13.8 Å². The summed E-state index contributed by atoms with van der Waals surface area (Å²) in [7, 11) is 0. The molecule has 1 saturated carbocycles. The Morgan fingerprint density at radius 1 is 1.25 bits per heavy atom. The molecule has 0 aliphatic heterocycles. The standard InChI is InChI=1S/C14H21F2N3O/c1-2-17-13-10(15)7-11(16)14(19-13)18-12-6-4-3-5-9(12)8-20/h7,9,12,20H,2-6,8H2,1H3,(H2,17,18,19). The van der Waals surface area contributed by atoms with Gasteiger partial charge in [0.2, 0.25) is 0 Å². The minimum atomic E-state index is -0.702. The van der Waals surface area contributed by atoms with Gasteiger partial charge in [-0.2, -0.15) is 0 Å². The van der Waals surface area contributed by atoms with E-state index in [9.17, 15) is 13.9 Å². The fraction of sp³-hybridized carbons (Fsp3) is 0.643. The molecule has 6 heteroatoms. The van der Waals surface area contributed by atoms with Crippen LogP contribution in [0.3, 0.4) is 0 Å². The highest BCUT2D eigenvalue weighted by molar-refractivity contribution is 5.48. The number of pyridine rings is 1. The third-order valence-corrected chi connectivity index (χ3v) is 3.74. The van der Waals surface area contributed by atoms with Crippen LogP contribution < -0.4 is 10.6 Å². The minimum Gasteiger partial charge on any atom is -0.396 e. The van der Waals surface area contributed by atoms with Gasteiger partial charge < -0.3 is 15.7 Å². The molecule has 1 aliphatic rings. The monoisotopic (exact) mass is 285 g/mol. The SMILES string of the molecule is CCNc1nc(NC2CCCCC2CO)c(F)cc1F. The Morgan fingerprint density at radius 3 is 2.65 bits per heavy atom. The van der Waals surface area contributed by atoms with Crippen molar-refractivity contribution in [2.24, 2.45) is 5.92 Å². The lowest BCUT2D eigenvalue weighted by molar-refractivity contribution is 0.178. The Hall–Kier alpha value is -1.43. The maximum atomic E-state index is 13.8. The summed E-state index contributed by atoms with van der Waals surface area (Å²) in [5.74, 6) is -1.21. The van der Waals surface area contributed by atoms with Crippen molar-refractivity contribution in [3.05, 3.63) is 17.7 Å². The van der Waals surface area contributed by atoms with Crippen molar-refractivity contribution in [1.82, 2.24) is 4.98 Å². The summed E-state index contributed by atoms with van der Waals surface area (Å²) in [6.07, 6.45) is 3.89. The van der Waals surface area contributed by atoms with E-state index in [-0.39, 0.29) is 30.2 Å². The topological polar surface area (TPSA) is 57.2 Å². The van der Waals surface area contributed by atoms with Crippen molar-refractivity contribution in [2.75, 3.05) is 23.8 Å². The number of hydrogen-bond acceptors (Lipinski definition) is 4. The molecule has 2 rings (SSSR count). The van der Waals surface area contributed by atoms with Gasteiger partial charge in [-0.15, -0.1) is 0 Å². The van der Waals surface area contributed by atoms with E-state index in [2.05, 4.69) is 15.6 Å². The number of aliphatic hydroxyl groups excluding tert-OH is 1. The van der Waals surface area contributed by atoms with Gasteiger partial charge in [-0.1, -0.05) is 12.8 Å². The lowest BCUT2D eigenvalue weighted by Crippen LogP contribution is -2.35. The van der Waals surface area contributed by atoms with E-state index in [1.54, 1.807) is 0 Å². The second kappa shape index (κ2) is 6.83. The molecule has 0 radical (unpaired) electrons. The van der Waals surface area contributed by atoms with E-state index < -0.39 is 11.6 Å². The van der Waals surface area contributed by atoms with Crippen LogP contribution in [0.25, 0.3) is 0 Å². The summed E-state index contributed by atoms with van der Waals surface area (Å²) in [5.41, 5.74) is 0. The van der Waals surface area contributed by atoms with Crippen LogP contribution in [0.15, 0.2) is 6.07 Å². The smallest absolute Gasteiger partial charge is 0.168 e. The van der Waals surface area contributed by atoms with Gasteiger partial charge >= 0.3 is 0 Å². The zero-order valence-electron chi connectivity index (χ0n) is 11.6. The Labute approximate surface area is 117 Å². The van der Waals surface area contributed by atoms with Crippen molar-refractivity contribution in [3.63, 3.8) is 0 Å². The fourth-order valence-electron chi connectivity index (χ4n) is 2.65. The van der Waals surface area contributed by atoms with Gasteiger partial charge in [0, 0.05) is 31.2 Å². The molecule has 1 aromatic rings. The highest BCUT2D eigenvalue weighted by atomic mass is 19.1. The summed E-state index contributed by atoms with van der Waals surface area (Å²) in [5, 5.41) is 15.2. The first kappa shape index (κ1) is 15.0. The highest BCUT2D eigenvalue weighted by Crippen LogP contribution is 2.28. The number of nitrogens with one attached hydrogen (secondary N) is 2. The third-order valence-electron chi connectivity index (χ3n) is 3.74. The predicted molar refractivity (Wildman–Crippen MR) is 74.8 cm³/mol. The molecule has 112 valence electrons. The van der Waals surface area contributed by atoms with Crippen molar-refractivity contribution in [3.8, 4) is 0 Å². The molecule has 1 fully saturated rings. The Kier molecular flexibility index (Phi) is 5.11. The van der Waals surface area contributed by atoms with E-state index in [1.807, 2.05) is 6.92 Å². The van der Waals surface area contributed by atoms with Crippen LogP contribution in [0, 0.1) is 17.6 Å². The summed E-state index contributed by atoms with van der Waals surface area (Å²) in [4.78, 5) is 3.97. The first-order chi connectivity index (χ1) is 9.65. The largest absolute Gasteiger partial charge is 0.396 e. The van der Waals surface area contributed by atoms with Crippen molar-refractivity contribution in [2.45, 2.75) is 38.6 Å². The predicted octanol–water partition coefficient (Wildman–Crippen LogP) is 2.75. The van der Waals surface area contributed by atoms with Crippen LogP contribution in [0.5, 0.6) is 0 Å². The number of halogens is 2. The molecule has 1 heterocycles. The second-order valence-electron chi connectivity index (χ2n) is 5.16. The van der Waals surface area contributed by atoms with E-state index in [1.165, 1.54) is 0 Å². The molecule has 4 nitrogen and oxygen atoms in total. The van der Waals surface area contributed by atoms with Crippen molar-refractivity contribution in [1.29, 1.82) is 0 Å². The Morgan fingerprint density at radius 2 is 1.95 bits per heavy atom. The highest BCUT2D eigenvalue weighted by Gasteiger charge is 2.26. The molecular formula is C14H21F2N3O. The van der Waals surface area contributed by atoms with E-state index >= 15 is 0 Å². The number of hydrogen-bond donors (Lipinski definition) is 3. The molecule has 0 bridgehead atoms. The van der Waals surface area contributed by atoms with E-state index in [4.69, 9.17) is 0 Å². The van der Waals surface area contributed by atoms with Crippen LogP contribution in [0.1, 0.15) is 32.6 Å². The quantitative estimate of drug-likeness (QED) is 0.778. The molecule has 1 aliphatic carbocycles. The zero-order chi connectivity index (χ0) is 14.5. The summed E-state index contributed by atoms with van der Waals surface area (Å²) in [6, 6.07) is 0.820. The minimum absolute atomic E-state index is 0.0179. The molecule has 0 amide bonds. The summed E-state index contributed by atoms with van der Waals surface area (Å²) >= 11 is 0. The molecule has 2 atom stereocenters. The molecule has 3 N–H and O–H groups in total. The Bertz CT molecular complexity index is 456. The van der Waals surface area contributed by atoms with Gasteiger partial charge in [0.05, 0.1) is 0 Å². The first-order valence-electron chi connectivity index (χ1n) is 7.13. The zero-order valence-corrected chi connectivity index (χ0v) is 11.6. The number of anilines is 2. The molecule has 0 aromatic carbocycles. The number of rotatable bonds is 5. The molecule has 0 saturated heterocycles. The van der Waals surface area contributed by atoms with Crippen LogP contribution >= 0.6 is 0 Å². The van der Waals surface area contributed by atoms with Crippen molar-refractivity contribution >= 4 is 11.6 Å². The average Bonchev–Trinajstić information content (AvgIpc) is 2.45. The second-order valence-corrected chi connectivity index (χ2v) is 5.16. The number of nitrogens with zero attached hydrogens (tertiary/aromatic N) is 1. The maximum Gasteiger partial charge on any atom is 0.168 e. The third kappa shape index (κ3) is 3.36. The molecule has 0 spiro atoms. The van der Waals surface area contributed by atoms with E-state index in [0.29, 0.717) is 6.54 Å². The van der Waals surface area contributed by atoms with Gasteiger partial charge in [-0.3, -0.25) is 0 Å². The molecule has 2 unspecified atom stereocenters. The number of aromatic nitrogens is 1. The molecule has 20 heavy (non-hydrogen) atoms. The van der Waals surface area contributed by atoms with Crippen LogP contribution in [-0.2, 0) is 0 Å². The van der Waals surface area contributed by atoms with Gasteiger partial charge in [0.25, 0.3) is 0 Å². The van der Waals surface area contributed by atoms with Gasteiger partial charge in [-0.05, 0) is 19.8 Å². The summed E-state index contributed by atoms with van der Waals surface area (Å²) in [6.45, 7) is 2.40. The lowest BCUT2D eigenvalue weighted by atomic mass is 9.85. The first-order valence-corrected chi connectivity index (χ1v) is 7.13. The van der Waals surface area contributed by atoms with Crippen LogP contribution in [0.2, 0.25) is 0 Å².